The van der Waals surface area contributed by atoms with Crippen LogP contribution < -0.4 is 24.9 Å². The lowest BCUT2D eigenvalue weighted by atomic mass is 9.92. The molecule has 0 fully saturated rings. The number of rotatable bonds is 8. The van der Waals surface area contributed by atoms with Crippen molar-refractivity contribution in [2.75, 3.05) is 45.1 Å². The lowest BCUT2D eigenvalue weighted by molar-refractivity contribution is -0.384. The maximum Gasteiger partial charge on any atom is 0.424 e. The zero-order valence-electron chi connectivity index (χ0n) is 55.3. The number of aliphatic hydroxyl groups is 1. The third-order valence-electron chi connectivity index (χ3n) is 11.8. The van der Waals surface area contributed by atoms with Crippen LogP contribution in [0.2, 0.25) is 0 Å². The number of nitrogens with one attached hydrogen (secondary N) is 1. The van der Waals surface area contributed by atoms with Gasteiger partial charge in [0.25, 0.3) is 5.69 Å². The first kappa shape index (κ1) is 81.0. The number of nitrogens with zero attached hydrogens (tertiary/aromatic N) is 6. The van der Waals surface area contributed by atoms with Crippen LogP contribution in [0.25, 0.3) is 0 Å². The van der Waals surface area contributed by atoms with E-state index in [1.807, 2.05) is 41.5 Å². The van der Waals surface area contributed by atoms with Crippen LogP contribution in [0.15, 0.2) is 60.7 Å². The molecule has 0 radical (unpaired) electrons. The normalized spacial score (nSPS) is 12.8. The Morgan fingerprint density at radius 3 is 1.22 bits per heavy atom. The van der Waals surface area contributed by atoms with E-state index >= 15 is 8.78 Å². The minimum Gasteiger partial charge on any atom is -0.443 e. The fourth-order valence-corrected chi connectivity index (χ4v) is 8.96. The van der Waals surface area contributed by atoms with Gasteiger partial charge in [0, 0.05) is 59.1 Å². The summed E-state index contributed by atoms with van der Waals surface area (Å²) in [6, 6.07) is 15.7. The van der Waals surface area contributed by atoms with Gasteiger partial charge in [-0.15, -0.1) is 0 Å². The van der Waals surface area contributed by atoms with Gasteiger partial charge < -0.3 is 39.2 Å². The number of carbonyl (C=O) groups excluding carboxylic acids is 6. The van der Waals surface area contributed by atoms with E-state index in [2.05, 4.69) is 5.32 Å². The lowest BCUT2D eigenvalue weighted by Crippen LogP contribution is -2.45. The van der Waals surface area contributed by atoms with E-state index in [-0.39, 0.29) is 83.2 Å². The molecule has 0 unspecified atom stereocenters. The third kappa shape index (κ3) is 26.8. The van der Waals surface area contributed by atoms with Crippen LogP contribution in [0.4, 0.5) is 70.9 Å². The Kier molecular flexibility index (Phi) is 29.7. The summed E-state index contributed by atoms with van der Waals surface area (Å²) in [5.74, 6) is -3.22. The molecule has 25 heteroatoms. The molecule has 0 aromatic heterocycles. The Morgan fingerprint density at radius 2 is 0.912 bits per heavy atom. The fraction of sp³-hybridized carbons (Fsp3) is 0.530. The van der Waals surface area contributed by atoms with E-state index < -0.39 is 86.3 Å². The van der Waals surface area contributed by atoms with E-state index in [9.17, 15) is 47.7 Å². The molecule has 504 valence electrons. The topological polar surface area (TPSA) is 251 Å². The first-order chi connectivity index (χ1) is 41.1. The van der Waals surface area contributed by atoms with Gasteiger partial charge >= 0.3 is 24.4 Å². The van der Waals surface area contributed by atoms with Crippen molar-refractivity contribution in [1.29, 1.82) is 5.26 Å². The molecule has 2 N–H and O–H groups in total. The number of carbonyl (C=O) groups is 6. The van der Waals surface area contributed by atoms with E-state index in [4.69, 9.17) is 40.9 Å². The predicted octanol–water partition coefficient (Wildman–Crippen LogP) is 16.7. The molecule has 4 aromatic carbocycles. The van der Waals surface area contributed by atoms with Crippen molar-refractivity contribution in [3.8, 4) is 6.07 Å². The molecule has 0 aliphatic carbocycles. The van der Waals surface area contributed by atoms with Gasteiger partial charge in [0.2, 0.25) is 11.1 Å². The van der Waals surface area contributed by atoms with Crippen LogP contribution in [0, 0.1) is 55.5 Å². The predicted molar refractivity (Wildman–Crippen MR) is 345 cm³/mol. The fourth-order valence-electron chi connectivity index (χ4n) is 8.56. The monoisotopic (exact) mass is 1300 g/mol. The molecule has 0 atom stereocenters. The molecule has 4 aromatic rings. The average Bonchev–Trinajstić information content (AvgIpc) is 0.826. The number of ether oxygens (including phenoxy) is 4. The van der Waals surface area contributed by atoms with Crippen molar-refractivity contribution >= 4 is 81.2 Å². The van der Waals surface area contributed by atoms with Crippen LogP contribution in [-0.4, -0.2) is 88.2 Å². The summed E-state index contributed by atoms with van der Waals surface area (Å²) in [4.78, 5) is 91.2. The summed E-state index contributed by atoms with van der Waals surface area (Å²) in [6.45, 7) is 33.0. The number of halogens is 5. The minimum absolute atomic E-state index is 0. The van der Waals surface area contributed by atoms with Gasteiger partial charge in [-0.05, 0) is 183 Å². The molecule has 2 aliphatic heterocycles. The Hall–Kier alpha value is -8.04. The molecule has 2 aliphatic rings. The zero-order chi connectivity index (χ0) is 69.4. The van der Waals surface area contributed by atoms with Gasteiger partial charge in [0.15, 0.2) is 17.3 Å². The number of imide groups is 2. The van der Waals surface area contributed by atoms with Gasteiger partial charge in [-0.1, -0.05) is 61.1 Å². The maximum absolute atomic E-state index is 16.7. The first-order valence-electron chi connectivity index (χ1n) is 28.7. The van der Waals surface area contributed by atoms with Gasteiger partial charge in [-0.3, -0.25) is 19.7 Å². The quantitative estimate of drug-likeness (QED) is 0.0547. The standard InChI is InChI=1S/C31H41F2N3O5.C25H29F2N3O6.C6H11ClO.C2H3N.CH4O.CH4/c1-29(2,3)17-24(37)34-22-12-13-23(35-15-14-19-16-21(32)11-10-20(19)18-35)25(33)26(22)36(27(38)40-30(4,5)6)28(39)41-31(7,8)9;1-24(2,3)35-22(31)29(23(32)36-25(4,5)6)21-19(30(33)34)10-9-18(20(21)27)28-12-11-15-13-17(26)8-7-16(15)14-28;1-6(2,3)4-5(7)8;1-2-3;1-2;/h10-13,16H,14-15,17-18H2,1-9H3,(H,34,37);7-10,13H,11-12,14H2,1-6H3;4H2,1-3H3;1H3;2H,1H3;1H4. The lowest BCUT2D eigenvalue weighted by Gasteiger charge is -2.33. The van der Waals surface area contributed by atoms with Crippen LogP contribution in [0.1, 0.15) is 174 Å². The number of nitriles is 1. The van der Waals surface area contributed by atoms with Crippen LogP contribution >= 0.6 is 11.6 Å². The maximum atomic E-state index is 16.7. The number of nitro groups is 1. The number of nitro benzene ring substituents is 1. The van der Waals surface area contributed by atoms with Crippen molar-refractivity contribution in [3.05, 3.63) is 116 Å². The van der Waals surface area contributed by atoms with Crippen molar-refractivity contribution in [2.45, 2.75) is 200 Å². The van der Waals surface area contributed by atoms with Crippen molar-refractivity contribution in [2.24, 2.45) is 10.8 Å². The van der Waals surface area contributed by atoms with E-state index in [1.54, 1.807) is 69.5 Å². The van der Waals surface area contributed by atoms with Gasteiger partial charge in [0.05, 0.1) is 28.1 Å². The Labute approximate surface area is 538 Å². The molecule has 91 heavy (non-hydrogen) atoms. The summed E-state index contributed by atoms with van der Waals surface area (Å²) in [5.41, 5.74) is -3.60. The number of fused-ring (bicyclic) bond motifs is 2. The molecule has 0 bridgehead atoms. The second-order valence-corrected chi connectivity index (χ2v) is 27.6. The summed E-state index contributed by atoms with van der Waals surface area (Å²) in [5, 5.41) is 28.6. The number of aliphatic hydroxyl groups excluding tert-OH is 1. The van der Waals surface area contributed by atoms with Gasteiger partial charge in [-0.25, -0.2) is 36.7 Å². The van der Waals surface area contributed by atoms with Crippen LogP contribution in [0.5, 0.6) is 0 Å². The minimum atomic E-state index is -1.32. The second kappa shape index (κ2) is 33.3. The molecule has 2 heterocycles. The molecule has 0 saturated heterocycles. The number of hydrogen-bond donors (Lipinski definition) is 2. The summed E-state index contributed by atoms with van der Waals surface area (Å²) >= 11 is 5.12. The summed E-state index contributed by atoms with van der Waals surface area (Å²) in [7, 11) is 1.00. The molecule has 5 amide bonds. The summed E-state index contributed by atoms with van der Waals surface area (Å²) in [6.07, 6.45) is -3.54. The van der Waals surface area contributed by atoms with Crippen LogP contribution in [0.3, 0.4) is 0 Å². The van der Waals surface area contributed by atoms with Gasteiger partial charge in [-0.2, -0.15) is 15.1 Å². The number of benzene rings is 4. The van der Waals surface area contributed by atoms with E-state index in [0.29, 0.717) is 30.7 Å². The highest BCUT2D eigenvalue weighted by molar-refractivity contribution is 6.63. The SMILES string of the molecule is C.CC#N.CC(C)(C)CC(=O)Cl.CC(C)(C)CC(=O)Nc1ccc(N2CCc3cc(F)ccc3C2)c(F)c1N(C(=O)OC(C)(C)C)C(=O)OC(C)(C)C.CC(C)(C)OC(=O)N(C(=O)OC(C)(C)C)c1c([N+](=O)[O-])ccc(N2CCc3cc(F)ccc3C2)c1F.CO. The van der Waals surface area contributed by atoms with E-state index in [1.165, 1.54) is 90.9 Å². The highest BCUT2D eigenvalue weighted by Gasteiger charge is 2.42. The summed E-state index contributed by atoms with van der Waals surface area (Å²) < 4.78 is 81.6. The van der Waals surface area contributed by atoms with Crippen molar-refractivity contribution in [3.63, 3.8) is 0 Å². The van der Waals surface area contributed by atoms with E-state index in [0.717, 1.165) is 35.4 Å². The first-order valence-corrected chi connectivity index (χ1v) is 29.1. The molecule has 6 rings (SSSR count). The molecule has 0 saturated carbocycles. The zero-order valence-corrected chi connectivity index (χ0v) is 56.1. The Morgan fingerprint density at radius 1 is 0.582 bits per heavy atom. The van der Waals surface area contributed by atoms with Crippen LogP contribution in [-0.2, 0) is 54.5 Å². The smallest absolute Gasteiger partial charge is 0.424 e. The van der Waals surface area contributed by atoms with Crippen molar-refractivity contribution < 1.29 is 75.3 Å². The number of hydrogen-bond acceptors (Lipinski definition) is 16. The number of amides is 5. The highest BCUT2D eigenvalue weighted by atomic mass is 35.5. The second-order valence-electron chi connectivity index (χ2n) is 27.2. The largest absolute Gasteiger partial charge is 0.443 e. The van der Waals surface area contributed by atoms with Crippen molar-refractivity contribution in [1.82, 2.24) is 0 Å². The highest BCUT2D eigenvalue weighted by Crippen LogP contribution is 2.42. The average molecular weight is 1300 g/mol. The third-order valence-corrected chi connectivity index (χ3v) is 11.9. The molecule has 0 spiro atoms. The molecular weight excluding hydrogens is 1210 g/mol. The Bertz CT molecular complexity index is 3210. The number of anilines is 5. The molecule has 20 nitrogen and oxygen atoms in total. The molecular formula is C66H92ClF4N7O13. The van der Waals surface area contributed by atoms with Gasteiger partial charge in [0.1, 0.15) is 39.7 Å². The Balaban J connectivity index is 0.000000759.